The molecule has 1 aliphatic carbocycles. The van der Waals surface area contributed by atoms with Gasteiger partial charge in [-0.15, -0.1) is 0 Å². The van der Waals surface area contributed by atoms with Gasteiger partial charge in [0.2, 0.25) is 5.78 Å². The Bertz CT molecular complexity index is 944. The quantitative estimate of drug-likeness (QED) is 0.677. The SMILES string of the molecule is COc1ccnc2c1-c1onc(-c3ccccc3)c1C(=O)C2=O. The minimum Gasteiger partial charge on any atom is -0.496 e. The molecule has 3 aromatic rings. The first-order valence-corrected chi connectivity index (χ1v) is 6.90. The van der Waals surface area contributed by atoms with Crippen molar-refractivity contribution in [2.24, 2.45) is 0 Å². The molecule has 0 fully saturated rings. The fourth-order valence-corrected chi connectivity index (χ4v) is 2.69. The lowest BCUT2D eigenvalue weighted by Gasteiger charge is -2.14. The summed E-state index contributed by atoms with van der Waals surface area (Å²) in [4.78, 5) is 28.9. The van der Waals surface area contributed by atoms with Gasteiger partial charge in [-0.1, -0.05) is 35.5 Å². The molecule has 0 saturated heterocycles. The number of ketones is 2. The molecule has 0 aliphatic heterocycles. The first-order valence-electron chi connectivity index (χ1n) is 6.90. The molecule has 6 heteroatoms. The lowest BCUT2D eigenvalue weighted by molar-refractivity contribution is 0.0811. The van der Waals surface area contributed by atoms with Crippen molar-refractivity contribution in [1.29, 1.82) is 0 Å². The van der Waals surface area contributed by atoms with Gasteiger partial charge in [0.25, 0.3) is 5.78 Å². The first-order chi connectivity index (χ1) is 11.2. The van der Waals surface area contributed by atoms with Gasteiger partial charge in [-0.3, -0.25) is 14.6 Å². The molecule has 0 atom stereocenters. The molecular formula is C17H10N2O4. The Labute approximate surface area is 130 Å². The maximum atomic E-state index is 12.5. The van der Waals surface area contributed by atoms with E-state index in [2.05, 4.69) is 10.1 Å². The van der Waals surface area contributed by atoms with E-state index in [4.69, 9.17) is 9.26 Å². The summed E-state index contributed by atoms with van der Waals surface area (Å²) in [6, 6.07) is 10.7. The zero-order valence-corrected chi connectivity index (χ0v) is 12.1. The number of hydrogen-bond acceptors (Lipinski definition) is 6. The summed E-state index contributed by atoms with van der Waals surface area (Å²) in [6.07, 6.45) is 1.42. The number of carbonyl (C=O) groups excluding carboxylic acids is 2. The number of carbonyl (C=O) groups is 2. The lowest BCUT2D eigenvalue weighted by atomic mass is 9.89. The van der Waals surface area contributed by atoms with Crippen LogP contribution in [0.4, 0.5) is 0 Å². The van der Waals surface area contributed by atoms with Crippen LogP contribution >= 0.6 is 0 Å². The second-order valence-electron chi connectivity index (χ2n) is 5.00. The standard InChI is InChI=1S/C17H10N2O4/c1-22-10-7-8-18-14-11(10)17-12(15(20)16(14)21)13(19-23-17)9-5-3-2-4-6-9/h2-8H,1H3. The second kappa shape index (κ2) is 4.88. The van der Waals surface area contributed by atoms with Gasteiger partial charge in [-0.2, -0.15) is 0 Å². The van der Waals surface area contributed by atoms with Gasteiger partial charge in [-0.25, -0.2) is 0 Å². The number of Topliss-reactive ketones (excluding diaryl/α,β-unsaturated/α-hetero) is 2. The summed E-state index contributed by atoms with van der Waals surface area (Å²) in [7, 11) is 1.48. The van der Waals surface area contributed by atoms with Gasteiger partial charge in [-0.05, 0) is 6.07 Å². The molecule has 6 nitrogen and oxygen atoms in total. The zero-order valence-electron chi connectivity index (χ0n) is 12.1. The Kier molecular flexibility index (Phi) is 2.84. The lowest BCUT2D eigenvalue weighted by Crippen LogP contribution is -2.22. The van der Waals surface area contributed by atoms with Crippen LogP contribution in [0.25, 0.3) is 22.6 Å². The molecule has 2 heterocycles. The number of ether oxygens (including phenoxy) is 1. The normalized spacial score (nSPS) is 12.7. The highest BCUT2D eigenvalue weighted by atomic mass is 16.5. The van der Waals surface area contributed by atoms with Crippen molar-refractivity contribution in [1.82, 2.24) is 10.1 Å². The third kappa shape index (κ3) is 1.81. The highest BCUT2D eigenvalue weighted by Gasteiger charge is 2.39. The molecule has 4 rings (SSSR count). The van der Waals surface area contributed by atoms with Crippen molar-refractivity contribution in [2.45, 2.75) is 0 Å². The summed E-state index contributed by atoms with van der Waals surface area (Å²) in [5.41, 5.74) is 1.59. The number of hydrogen-bond donors (Lipinski definition) is 0. The maximum absolute atomic E-state index is 12.5. The van der Waals surface area contributed by atoms with Crippen LogP contribution in [-0.2, 0) is 0 Å². The Hall–Kier alpha value is -3.28. The molecule has 1 aliphatic rings. The molecule has 23 heavy (non-hydrogen) atoms. The van der Waals surface area contributed by atoms with E-state index in [1.54, 1.807) is 18.2 Å². The van der Waals surface area contributed by atoms with Crippen molar-refractivity contribution in [3.05, 3.63) is 53.9 Å². The number of rotatable bonds is 2. The predicted molar refractivity (Wildman–Crippen MR) is 80.4 cm³/mol. The Morgan fingerprint density at radius 1 is 0.957 bits per heavy atom. The number of benzene rings is 1. The van der Waals surface area contributed by atoms with Gasteiger partial charge in [0, 0.05) is 11.8 Å². The van der Waals surface area contributed by atoms with Gasteiger partial charge in [0.15, 0.2) is 5.76 Å². The van der Waals surface area contributed by atoms with Crippen molar-refractivity contribution in [3.63, 3.8) is 0 Å². The summed E-state index contributed by atoms with van der Waals surface area (Å²) in [5, 5.41) is 4.00. The third-order valence-electron chi connectivity index (χ3n) is 3.75. The molecule has 0 bridgehead atoms. The Balaban J connectivity index is 2.04. The average molecular weight is 306 g/mol. The van der Waals surface area contributed by atoms with Gasteiger partial charge in [0.1, 0.15) is 22.7 Å². The van der Waals surface area contributed by atoms with E-state index in [-0.39, 0.29) is 17.0 Å². The molecule has 112 valence electrons. The second-order valence-corrected chi connectivity index (χ2v) is 5.00. The van der Waals surface area contributed by atoms with Crippen LogP contribution in [-0.4, -0.2) is 28.8 Å². The van der Waals surface area contributed by atoms with Crippen molar-refractivity contribution in [3.8, 4) is 28.3 Å². The molecule has 0 unspecified atom stereocenters. The Morgan fingerprint density at radius 3 is 2.48 bits per heavy atom. The van der Waals surface area contributed by atoms with Crippen molar-refractivity contribution < 1.29 is 18.8 Å². The molecule has 2 aromatic heterocycles. The summed E-state index contributed by atoms with van der Waals surface area (Å²) >= 11 is 0. The topological polar surface area (TPSA) is 82.3 Å². The van der Waals surface area contributed by atoms with Crippen LogP contribution in [0.3, 0.4) is 0 Å². The van der Waals surface area contributed by atoms with Crippen LogP contribution in [0.5, 0.6) is 5.75 Å². The molecule has 0 N–H and O–H groups in total. The number of nitrogens with zero attached hydrogens (tertiary/aromatic N) is 2. The smallest absolute Gasteiger partial charge is 0.252 e. The molecule has 0 amide bonds. The van der Waals surface area contributed by atoms with Gasteiger partial charge < -0.3 is 9.26 Å². The van der Waals surface area contributed by atoms with E-state index < -0.39 is 11.6 Å². The molecule has 0 spiro atoms. The number of fused-ring (bicyclic) bond motifs is 3. The Morgan fingerprint density at radius 2 is 1.74 bits per heavy atom. The fraction of sp³-hybridized carbons (Fsp3) is 0.0588. The number of pyridine rings is 1. The van der Waals surface area contributed by atoms with E-state index in [0.717, 1.165) is 0 Å². The van der Waals surface area contributed by atoms with Crippen molar-refractivity contribution >= 4 is 11.6 Å². The molecule has 1 aromatic carbocycles. The molecule has 0 saturated carbocycles. The van der Waals surface area contributed by atoms with E-state index >= 15 is 0 Å². The maximum Gasteiger partial charge on any atom is 0.252 e. The molecular weight excluding hydrogens is 296 g/mol. The van der Waals surface area contributed by atoms with Crippen LogP contribution in [0.2, 0.25) is 0 Å². The predicted octanol–water partition coefficient (Wildman–Crippen LogP) is 2.79. The van der Waals surface area contributed by atoms with E-state index in [1.165, 1.54) is 13.3 Å². The minimum atomic E-state index is -0.688. The average Bonchev–Trinajstić information content (AvgIpc) is 3.04. The van der Waals surface area contributed by atoms with E-state index in [0.29, 0.717) is 22.6 Å². The van der Waals surface area contributed by atoms with Crippen LogP contribution in [0.15, 0.2) is 47.1 Å². The third-order valence-corrected chi connectivity index (χ3v) is 3.75. The van der Waals surface area contributed by atoms with E-state index in [9.17, 15) is 9.59 Å². The highest BCUT2D eigenvalue weighted by Crippen LogP contribution is 2.42. The number of methoxy groups -OCH3 is 1. The fourth-order valence-electron chi connectivity index (χ4n) is 2.69. The van der Waals surface area contributed by atoms with Gasteiger partial charge >= 0.3 is 0 Å². The van der Waals surface area contributed by atoms with E-state index in [1.807, 2.05) is 18.2 Å². The molecule has 0 radical (unpaired) electrons. The van der Waals surface area contributed by atoms with Crippen molar-refractivity contribution in [2.75, 3.05) is 7.11 Å². The largest absolute Gasteiger partial charge is 0.496 e. The minimum absolute atomic E-state index is 0.0256. The van der Waals surface area contributed by atoms with Crippen LogP contribution in [0.1, 0.15) is 20.8 Å². The number of aromatic nitrogens is 2. The van der Waals surface area contributed by atoms with Crippen LogP contribution < -0.4 is 4.74 Å². The summed E-state index contributed by atoms with van der Waals surface area (Å²) in [5.74, 6) is -0.735. The van der Waals surface area contributed by atoms with Gasteiger partial charge in [0.05, 0.1) is 12.7 Å². The van der Waals surface area contributed by atoms with Crippen LogP contribution in [0, 0.1) is 0 Å². The summed E-state index contributed by atoms with van der Waals surface area (Å²) in [6.45, 7) is 0. The monoisotopic (exact) mass is 306 g/mol. The zero-order chi connectivity index (χ0) is 16.0. The first kappa shape index (κ1) is 13.4. The summed E-state index contributed by atoms with van der Waals surface area (Å²) < 4.78 is 10.7. The highest BCUT2D eigenvalue weighted by molar-refractivity contribution is 6.53.